The molecule has 1 saturated carbocycles. The molecule has 0 amide bonds. The number of sulfonamides is 1. The minimum Gasteiger partial charge on any atom is -0.321 e. The highest BCUT2D eigenvalue weighted by atomic mass is 35.5. The lowest BCUT2D eigenvalue weighted by Crippen LogP contribution is -2.57. The van der Waals surface area contributed by atoms with Crippen molar-refractivity contribution >= 4 is 27.4 Å². The number of aromatic nitrogens is 1. The van der Waals surface area contributed by atoms with Crippen molar-refractivity contribution in [3.8, 4) is 0 Å². The third-order valence-electron chi connectivity index (χ3n) is 9.64. The Hall–Kier alpha value is -2.12. The van der Waals surface area contributed by atoms with Crippen LogP contribution in [0.15, 0.2) is 36.7 Å². The monoisotopic (exact) mass is 658 g/mol. The molecule has 44 heavy (non-hydrogen) atoms. The van der Waals surface area contributed by atoms with E-state index >= 15 is 0 Å². The Kier molecular flexibility index (Phi) is 10.4. The summed E-state index contributed by atoms with van der Waals surface area (Å²) in [6.07, 6.45) is 4.01. The molecule has 5 rings (SSSR count). The molecular formula is C31H39ClF4N4O3S. The van der Waals surface area contributed by atoms with Crippen LogP contribution in [-0.4, -0.2) is 60.5 Å². The number of piperazine rings is 1. The first-order valence-electron chi connectivity index (χ1n) is 15.3. The van der Waals surface area contributed by atoms with Crippen LogP contribution in [0.5, 0.6) is 0 Å². The van der Waals surface area contributed by atoms with Crippen molar-refractivity contribution < 1.29 is 30.8 Å². The molecule has 1 aromatic heterocycles. The number of hydrogen-bond donors (Lipinski definition) is 2. The van der Waals surface area contributed by atoms with Crippen LogP contribution in [0.3, 0.4) is 0 Å². The number of Topliss-reactive ketones (excluding diaryl/α,β-unsaturated/α-hetero) is 1. The quantitative estimate of drug-likeness (QED) is 0.337. The molecule has 7 nitrogen and oxygen atoms in total. The van der Waals surface area contributed by atoms with Gasteiger partial charge in [-0.25, -0.2) is 12.8 Å². The van der Waals surface area contributed by atoms with E-state index in [4.69, 9.17) is 17.3 Å². The molecule has 2 aromatic rings. The topological polar surface area (TPSA) is 105 Å². The predicted octanol–water partition coefficient (Wildman–Crippen LogP) is 5.66. The Morgan fingerprint density at radius 1 is 1.07 bits per heavy atom. The number of carbonyl (C=O) groups excluding carboxylic acids is 1. The van der Waals surface area contributed by atoms with Gasteiger partial charge in [-0.3, -0.25) is 9.78 Å². The maximum atomic E-state index is 14.5. The standard InChI is InChI=1S/C31H39ClF4N4O3S/c32-26-10-8-21(13-27(26)33)29(22-12-23(16-38-15-22)31(34,35)36)30(37)28(41)14-20-5-2-1-4-19(20)7-9-25-17-39-24-6-3-11-44(42,43)40(25)18-24/h8,10,12-13,15-16,19-20,24-25,29-30,39H,1-7,9,11,14,17-18,37H2/t19-,20-,24-,25+,29+,30-/m1/s1. The molecule has 3 N–H and O–H groups in total. The van der Waals surface area contributed by atoms with Gasteiger partial charge in [-0.1, -0.05) is 36.9 Å². The van der Waals surface area contributed by atoms with Crippen LogP contribution in [0.25, 0.3) is 0 Å². The number of nitrogens with zero attached hydrogens (tertiary/aromatic N) is 2. The minimum atomic E-state index is -4.66. The first-order valence-corrected chi connectivity index (χ1v) is 17.3. The molecule has 3 fully saturated rings. The van der Waals surface area contributed by atoms with Crippen LogP contribution in [-0.2, 0) is 21.0 Å². The molecule has 2 aliphatic heterocycles. The predicted molar refractivity (Wildman–Crippen MR) is 160 cm³/mol. The normalized spacial score (nSPS) is 28.5. The highest BCUT2D eigenvalue weighted by molar-refractivity contribution is 7.89. The van der Waals surface area contributed by atoms with E-state index in [2.05, 4.69) is 10.3 Å². The fourth-order valence-corrected chi connectivity index (χ4v) is 9.19. The lowest BCUT2D eigenvalue weighted by Gasteiger charge is -2.39. The van der Waals surface area contributed by atoms with Gasteiger partial charge in [-0.2, -0.15) is 17.5 Å². The van der Waals surface area contributed by atoms with Crippen molar-refractivity contribution in [2.75, 3.05) is 18.8 Å². The van der Waals surface area contributed by atoms with Gasteiger partial charge in [-0.05, 0) is 73.3 Å². The van der Waals surface area contributed by atoms with Crippen LogP contribution in [0.2, 0.25) is 5.02 Å². The molecular weight excluding hydrogens is 620 g/mol. The number of carbonyl (C=O) groups is 1. The van der Waals surface area contributed by atoms with Gasteiger partial charge in [-0.15, -0.1) is 0 Å². The fraction of sp³-hybridized carbons (Fsp3) is 0.613. The molecule has 2 saturated heterocycles. The van der Waals surface area contributed by atoms with Crippen molar-refractivity contribution in [3.63, 3.8) is 0 Å². The molecule has 242 valence electrons. The Bertz CT molecular complexity index is 1440. The molecule has 3 heterocycles. The Balaban J connectivity index is 1.33. The number of ketones is 1. The number of hydrogen-bond acceptors (Lipinski definition) is 6. The zero-order chi connectivity index (χ0) is 31.6. The fourth-order valence-electron chi connectivity index (χ4n) is 7.26. The van der Waals surface area contributed by atoms with Crippen LogP contribution in [0.4, 0.5) is 17.6 Å². The summed E-state index contributed by atoms with van der Waals surface area (Å²) < 4.78 is 82.6. The Labute approximate surface area is 261 Å². The van der Waals surface area contributed by atoms with Gasteiger partial charge in [0.15, 0.2) is 5.78 Å². The number of nitrogens with one attached hydrogen (secondary N) is 1. The van der Waals surface area contributed by atoms with E-state index in [-0.39, 0.29) is 58.0 Å². The summed E-state index contributed by atoms with van der Waals surface area (Å²) in [5.74, 6) is -1.79. The number of alkyl halides is 3. The molecule has 2 bridgehead atoms. The molecule has 0 spiro atoms. The summed E-state index contributed by atoms with van der Waals surface area (Å²) in [4.78, 5) is 17.5. The summed E-state index contributed by atoms with van der Waals surface area (Å²) in [6.45, 7) is 1.10. The van der Waals surface area contributed by atoms with Crippen LogP contribution >= 0.6 is 11.6 Å². The average Bonchev–Trinajstić information content (AvgIpc) is 3.10. The van der Waals surface area contributed by atoms with E-state index in [1.807, 2.05) is 0 Å². The number of pyridine rings is 1. The highest BCUT2D eigenvalue weighted by Gasteiger charge is 2.40. The van der Waals surface area contributed by atoms with Gasteiger partial charge in [0.1, 0.15) is 5.82 Å². The van der Waals surface area contributed by atoms with E-state index < -0.39 is 39.5 Å². The molecule has 7 atom stereocenters. The van der Waals surface area contributed by atoms with E-state index in [9.17, 15) is 30.8 Å². The van der Waals surface area contributed by atoms with E-state index in [1.54, 1.807) is 4.31 Å². The Morgan fingerprint density at radius 2 is 1.82 bits per heavy atom. The summed E-state index contributed by atoms with van der Waals surface area (Å²) in [5, 5.41) is 3.35. The number of halogens is 5. The van der Waals surface area contributed by atoms with Gasteiger partial charge in [0.2, 0.25) is 10.0 Å². The first kappa shape index (κ1) is 33.2. The van der Waals surface area contributed by atoms with Gasteiger partial charge < -0.3 is 11.1 Å². The van der Waals surface area contributed by atoms with Gasteiger partial charge in [0.05, 0.1) is 22.4 Å². The number of nitrogens with two attached hydrogens (primary N) is 1. The van der Waals surface area contributed by atoms with Crippen molar-refractivity contribution in [1.29, 1.82) is 0 Å². The second-order valence-electron chi connectivity index (χ2n) is 12.5. The largest absolute Gasteiger partial charge is 0.417 e. The third-order valence-corrected chi connectivity index (χ3v) is 11.9. The zero-order valence-electron chi connectivity index (χ0n) is 24.4. The smallest absolute Gasteiger partial charge is 0.321 e. The third kappa shape index (κ3) is 7.63. The van der Waals surface area contributed by atoms with Crippen LogP contribution in [0.1, 0.15) is 80.4 Å². The summed E-state index contributed by atoms with van der Waals surface area (Å²) in [6, 6.07) is 3.56. The molecule has 1 unspecified atom stereocenters. The maximum Gasteiger partial charge on any atom is 0.417 e. The number of fused-ring (bicyclic) bond motifs is 2. The Morgan fingerprint density at radius 3 is 2.55 bits per heavy atom. The zero-order valence-corrected chi connectivity index (χ0v) is 26.0. The SMILES string of the molecule is N[C@H](C(=O)C[C@H]1CCCC[C@@H]1CC[C@H]1CN[C@@H]2CCCS(=O)(=O)N1C2)[C@H](c1cncc(C(F)(F)F)c1)c1ccc(Cl)c(F)c1. The summed E-state index contributed by atoms with van der Waals surface area (Å²) in [5.41, 5.74) is 5.83. The van der Waals surface area contributed by atoms with E-state index in [1.165, 1.54) is 18.3 Å². The van der Waals surface area contributed by atoms with Crippen LogP contribution < -0.4 is 11.1 Å². The molecule has 3 aliphatic rings. The van der Waals surface area contributed by atoms with Crippen molar-refractivity contribution in [2.24, 2.45) is 17.6 Å². The molecule has 1 aromatic carbocycles. The summed E-state index contributed by atoms with van der Waals surface area (Å²) >= 11 is 5.87. The number of rotatable bonds is 9. The van der Waals surface area contributed by atoms with Crippen molar-refractivity contribution in [3.05, 3.63) is 64.2 Å². The second kappa shape index (κ2) is 13.7. The molecule has 13 heteroatoms. The van der Waals surface area contributed by atoms with Crippen molar-refractivity contribution in [2.45, 2.75) is 88.0 Å². The van der Waals surface area contributed by atoms with Gasteiger partial charge in [0, 0.05) is 49.9 Å². The molecule has 1 aliphatic carbocycles. The lowest BCUT2D eigenvalue weighted by atomic mass is 9.72. The molecule has 0 radical (unpaired) electrons. The second-order valence-corrected chi connectivity index (χ2v) is 15.0. The van der Waals surface area contributed by atoms with Crippen LogP contribution in [0, 0.1) is 17.7 Å². The highest BCUT2D eigenvalue weighted by Crippen LogP contribution is 2.39. The van der Waals surface area contributed by atoms with Gasteiger partial charge in [0.25, 0.3) is 0 Å². The number of benzene rings is 1. The van der Waals surface area contributed by atoms with Crippen molar-refractivity contribution in [1.82, 2.24) is 14.6 Å². The first-order chi connectivity index (χ1) is 20.8. The summed E-state index contributed by atoms with van der Waals surface area (Å²) in [7, 11) is -3.31. The maximum absolute atomic E-state index is 14.5. The van der Waals surface area contributed by atoms with E-state index in [0.29, 0.717) is 32.1 Å². The van der Waals surface area contributed by atoms with Gasteiger partial charge >= 0.3 is 6.18 Å². The average molecular weight is 659 g/mol. The van der Waals surface area contributed by atoms with E-state index in [0.717, 1.165) is 50.7 Å². The lowest BCUT2D eigenvalue weighted by molar-refractivity contribution is -0.137. The minimum absolute atomic E-state index is 0.00887.